The van der Waals surface area contributed by atoms with E-state index in [2.05, 4.69) is 4.99 Å². The van der Waals surface area contributed by atoms with Crippen molar-refractivity contribution in [1.29, 1.82) is 0 Å². The molecule has 0 radical (unpaired) electrons. The van der Waals surface area contributed by atoms with E-state index in [0.29, 0.717) is 29.7 Å². The number of carbonyl (C=O) groups excluding carboxylic acids is 2. The highest BCUT2D eigenvalue weighted by molar-refractivity contribution is 6.32. The Morgan fingerprint density at radius 1 is 1.27 bits per heavy atom. The van der Waals surface area contributed by atoms with Crippen molar-refractivity contribution in [3.63, 3.8) is 0 Å². The maximum absolute atomic E-state index is 12.4. The van der Waals surface area contributed by atoms with Gasteiger partial charge in [-0.15, -0.1) is 0 Å². The summed E-state index contributed by atoms with van der Waals surface area (Å²) in [6, 6.07) is 7.41. The molecule has 3 rings (SSSR count). The lowest BCUT2D eigenvalue weighted by atomic mass is 10.1. The van der Waals surface area contributed by atoms with Gasteiger partial charge in [0.25, 0.3) is 5.69 Å². The quantitative estimate of drug-likeness (QED) is 0.174. The molecule has 1 heterocycles. The zero-order chi connectivity index (χ0) is 24.1. The number of benzene rings is 2. The SMILES string of the molecule is CCCC(=O)Oc1c(Cl)cc(/C=C2\N=C(c3ccc([N+](=O)[O-])c(C)c3)OC2=O)cc1OCC. The molecule has 10 heteroatoms. The molecule has 1 aliphatic rings. The minimum atomic E-state index is -0.687. The van der Waals surface area contributed by atoms with Crippen molar-refractivity contribution in [2.24, 2.45) is 4.99 Å². The van der Waals surface area contributed by atoms with Gasteiger partial charge in [-0.1, -0.05) is 18.5 Å². The molecule has 33 heavy (non-hydrogen) atoms. The fourth-order valence-corrected chi connectivity index (χ4v) is 3.34. The summed E-state index contributed by atoms with van der Waals surface area (Å²) in [5.41, 5.74) is 1.29. The molecular formula is C23H21ClN2O7. The van der Waals surface area contributed by atoms with Crippen LogP contribution in [0.15, 0.2) is 41.0 Å². The normalized spacial score (nSPS) is 14.1. The van der Waals surface area contributed by atoms with Crippen molar-refractivity contribution in [1.82, 2.24) is 0 Å². The van der Waals surface area contributed by atoms with Crippen molar-refractivity contribution in [2.75, 3.05) is 6.61 Å². The Bertz CT molecular complexity index is 1190. The zero-order valence-electron chi connectivity index (χ0n) is 18.2. The van der Waals surface area contributed by atoms with Crippen molar-refractivity contribution in [2.45, 2.75) is 33.6 Å². The van der Waals surface area contributed by atoms with Gasteiger partial charge in [-0.05, 0) is 56.2 Å². The predicted molar refractivity (Wildman–Crippen MR) is 122 cm³/mol. The minimum absolute atomic E-state index is 0.00949. The van der Waals surface area contributed by atoms with Crippen LogP contribution >= 0.6 is 11.6 Å². The molecular weight excluding hydrogens is 452 g/mol. The van der Waals surface area contributed by atoms with E-state index in [1.165, 1.54) is 30.3 Å². The summed E-state index contributed by atoms with van der Waals surface area (Å²) in [5, 5.41) is 11.1. The van der Waals surface area contributed by atoms with Gasteiger partial charge in [-0.25, -0.2) is 9.79 Å². The number of rotatable bonds is 8. The number of nitro benzene ring substituents is 1. The van der Waals surface area contributed by atoms with E-state index in [1.807, 2.05) is 6.92 Å². The summed E-state index contributed by atoms with van der Waals surface area (Å²) in [6.07, 6.45) is 2.32. The van der Waals surface area contributed by atoms with Gasteiger partial charge >= 0.3 is 11.9 Å². The average molecular weight is 473 g/mol. The molecule has 2 aromatic carbocycles. The summed E-state index contributed by atoms with van der Waals surface area (Å²) < 4.78 is 16.1. The number of nitro groups is 1. The Balaban J connectivity index is 1.94. The monoisotopic (exact) mass is 472 g/mol. The molecule has 0 aliphatic carbocycles. The van der Waals surface area contributed by atoms with Gasteiger partial charge in [0.05, 0.1) is 16.6 Å². The van der Waals surface area contributed by atoms with Crippen LogP contribution in [0.2, 0.25) is 5.02 Å². The number of esters is 2. The van der Waals surface area contributed by atoms with Crippen molar-refractivity contribution in [3.8, 4) is 11.5 Å². The number of ether oxygens (including phenoxy) is 3. The van der Waals surface area contributed by atoms with E-state index in [0.717, 1.165) is 0 Å². The molecule has 0 fully saturated rings. The number of cyclic esters (lactones) is 1. The lowest BCUT2D eigenvalue weighted by Crippen LogP contribution is -2.09. The van der Waals surface area contributed by atoms with Crippen LogP contribution in [0.3, 0.4) is 0 Å². The Kier molecular flexibility index (Phi) is 7.44. The minimum Gasteiger partial charge on any atom is -0.490 e. The molecule has 172 valence electrons. The topological polar surface area (TPSA) is 117 Å². The molecule has 0 N–H and O–H groups in total. The van der Waals surface area contributed by atoms with Gasteiger partial charge in [0.2, 0.25) is 5.90 Å². The molecule has 1 aliphatic heterocycles. The van der Waals surface area contributed by atoms with Crippen molar-refractivity contribution < 1.29 is 28.7 Å². The van der Waals surface area contributed by atoms with Gasteiger partial charge in [-0.2, -0.15) is 0 Å². The van der Waals surface area contributed by atoms with Crippen LogP contribution in [-0.2, 0) is 14.3 Å². The van der Waals surface area contributed by atoms with Gasteiger partial charge in [-0.3, -0.25) is 14.9 Å². The molecule has 2 aromatic rings. The van der Waals surface area contributed by atoms with Crippen LogP contribution in [0.5, 0.6) is 11.5 Å². The second kappa shape index (κ2) is 10.3. The maximum atomic E-state index is 12.4. The lowest BCUT2D eigenvalue weighted by molar-refractivity contribution is -0.385. The summed E-state index contributed by atoms with van der Waals surface area (Å²) in [5.74, 6) is -0.723. The zero-order valence-corrected chi connectivity index (χ0v) is 19.0. The van der Waals surface area contributed by atoms with Gasteiger partial charge in [0, 0.05) is 23.6 Å². The number of carbonyl (C=O) groups is 2. The summed E-state index contributed by atoms with van der Waals surface area (Å²) in [6.45, 7) is 5.52. The van der Waals surface area contributed by atoms with Gasteiger partial charge < -0.3 is 14.2 Å². The van der Waals surface area contributed by atoms with Crippen LogP contribution in [0.4, 0.5) is 5.69 Å². The Morgan fingerprint density at radius 2 is 2.03 bits per heavy atom. The Morgan fingerprint density at radius 3 is 2.67 bits per heavy atom. The number of hydrogen-bond donors (Lipinski definition) is 0. The summed E-state index contributed by atoms with van der Waals surface area (Å²) >= 11 is 6.33. The van der Waals surface area contributed by atoms with E-state index in [1.54, 1.807) is 19.9 Å². The van der Waals surface area contributed by atoms with E-state index in [-0.39, 0.29) is 40.2 Å². The highest BCUT2D eigenvalue weighted by atomic mass is 35.5. The molecule has 9 nitrogen and oxygen atoms in total. The Hall–Kier alpha value is -3.72. The second-order valence-electron chi connectivity index (χ2n) is 7.08. The fourth-order valence-electron chi connectivity index (χ4n) is 3.09. The lowest BCUT2D eigenvalue weighted by Gasteiger charge is -2.13. The molecule has 0 atom stereocenters. The summed E-state index contributed by atoms with van der Waals surface area (Å²) in [7, 11) is 0. The molecule has 0 spiro atoms. The largest absolute Gasteiger partial charge is 0.490 e. The van der Waals surface area contributed by atoms with Gasteiger partial charge in [0.15, 0.2) is 17.2 Å². The number of aryl methyl sites for hydroxylation is 1. The third-order valence-corrected chi connectivity index (χ3v) is 4.85. The van der Waals surface area contributed by atoms with Crippen LogP contribution in [0.25, 0.3) is 6.08 Å². The number of halogens is 1. The van der Waals surface area contributed by atoms with E-state index in [4.69, 9.17) is 25.8 Å². The van der Waals surface area contributed by atoms with Crippen molar-refractivity contribution >= 4 is 41.2 Å². The van der Waals surface area contributed by atoms with Crippen LogP contribution in [-0.4, -0.2) is 29.4 Å². The number of aliphatic imine (C=N–C) groups is 1. The molecule has 0 unspecified atom stereocenters. The first-order valence-corrected chi connectivity index (χ1v) is 10.6. The van der Waals surface area contributed by atoms with Gasteiger partial charge in [0.1, 0.15) is 0 Å². The standard InChI is InChI=1S/C23H21ClN2O7/c1-4-6-20(27)32-21-16(24)10-14(12-19(21)31-5-2)11-17-23(28)33-22(25-17)15-7-8-18(26(29)30)13(3)9-15/h7-12H,4-6H2,1-3H3/b17-11-. The molecule has 0 amide bonds. The second-order valence-corrected chi connectivity index (χ2v) is 7.49. The number of hydrogen-bond acceptors (Lipinski definition) is 8. The van der Waals surface area contributed by atoms with E-state index in [9.17, 15) is 19.7 Å². The molecule has 0 aromatic heterocycles. The van der Waals surface area contributed by atoms with Crippen LogP contribution in [0.1, 0.15) is 43.4 Å². The average Bonchev–Trinajstić information content (AvgIpc) is 3.11. The van der Waals surface area contributed by atoms with E-state index >= 15 is 0 Å². The first-order chi connectivity index (χ1) is 15.7. The first-order valence-electron chi connectivity index (χ1n) is 10.2. The molecule has 0 bridgehead atoms. The van der Waals surface area contributed by atoms with Crippen molar-refractivity contribution in [3.05, 3.63) is 67.9 Å². The third kappa shape index (κ3) is 5.56. The first kappa shape index (κ1) is 23.9. The molecule has 0 saturated carbocycles. The summed E-state index contributed by atoms with van der Waals surface area (Å²) in [4.78, 5) is 39.0. The molecule has 0 saturated heterocycles. The highest BCUT2D eigenvalue weighted by Gasteiger charge is 2.26. The van der Waals surface area contributed by atoms with Crippen LogP contribution < -0.4 is 9.47 Å². The number of nitrogens with zero attached hydrogens (tertiary/aromatic N) is 2. The maximum Gasteiger partial charge on any atom is 0.363 e. The Labute approximate surface area is 194 Å². The smallest absolute Gasteiger partial charge is 0.363 e. The predicted octanol–water partition coefficient (Wildman–Crippen LogP) is 5.01. The van der Waals surface area contributed by atoms with Crippen LogP contribution in [0, 0.1) is 17.0 Å². The third-order valence-electron chi connectivity index (χ3n) is 4.57. The van der Waals surface area contributed by atoms with E-state index < -0.39 is 16.9 Å². The highest BCUT2D eigenvalue weighted by Crippen LogP contribution is 2.38. The fraction of sp³-hybridized carbons (Fsp3) is 0.261.